The Morgan fingerprint density at radius 3 is 2.09 bits per heavy atom. The van der Waals surface area contributed by atoms with Gasteiger partial charge in [-0.3, -0.25) is 19.2 Å². The zero-order valence-corrected chi connectivity index (χ0v) is 27.7. The van der Waals surface area contributed by atoms with Crippen molar-refractivity contribution in [3.63, 3.8) is 0 Å². The second-order valence-electron chi connectivity index (χ2n) is 14.2. The predicted molar refractivity (Wildman–Crippen MR) is 166 cm³/mol. The van der Waals surface area contributed by atoms with Gasteiger partial charge in [-0.05, 0) is 56.8 Å². The molecule has 44 heavy (non-hydrogen) atoms. The number of carbonyl (C=O) groups is 6. The van der Waals surface area contributed by atoms with Crippen molar-refractivity contribution in [3.05, 3.63) is 0 Å². The third-order valence-corrected chi connectivity index (χ3v) is 8.30. The van der Waals surface area contributed by atoms with Crippen molar-refractivity contribution < 1.29 is 33.5 Å². The van der Waals surface area contributed by atoms with Crippen LogP contribution in [0.1, 0.15) is 113 Å². The zero-order valence-electron chi connectivity index (χ0n) is 27.7. The number of nitrogens with zero attached hydrogens (tertiary/aromatic N) is 1. The van der Waals surface area contributed by atoms with Crippen LogP contribution in [-0.2, 0) is 28.7 Å². The molecule has 1 aliphatic carbocycles. The molecule has 2 fully saturated rings. The molecule has 5 amide bonds. The highest BCUT2D eigenvalue weighted by Gasteiger charge is 2.39. The van der Waals surface area contributed by atoms with Gasteiger partial charge in [-0.15, -0.1) is 0 Å². The number of Topliss-reactive ketones (excluding diaryl/α,β-unsaturated/α-hetero) is 1. The van der Waals surface area contributed by atoms with Crippen molar-refractivity contribution in [2.75, 3.05) is 6.54 Å². The molecule has 0 radical (unpaired) electrons. The summed E-state index contributed by atoms with van der Waals surface area (Å²) in [5.41, 5.74) is 4.66. The van der Waals surface area contributed by atoms with E-state index in [1.807, 2.05) is 34.6 Å². The molecular formula is C32H55N5O7. The molecule has 12 nitrogen and oxygen atoms in total. The third kappa shape index (κ3) is 11.4. The fourth-order valence-electron chi connectivity index (χ4n) is 5.68. The second-order valence-corrected chi connectivity index (χ2v) is 14.2. The summed E-state index contributed by atoms with van der Waals surface area (Å²) in [5, 5.41) is 8.24. The number of primary amides is 1. The quantitative estimate of drug-likeness (QED) is 0.180. The van der Waals surface area contributed by atoms with E-state index in [1.54, 1.807) is 13.8 Å². The number of nitrogens with two attached hydrogens (primary N) is 1. The Morgan fingerprint density at radius 2 is 1.57 bits per heavy atom. The number of ether oxygens (including phenoxy) is 1. The van der Waals surface area contributed by atoms with E-state index < -0.39 is 65.1 Å². The first-order valence-corrected chi connectivity index (χ1v) is 16.2. The summed E-state index contributed by atoms with van der Waals surface area (Å²) < 4.78 is 5.36. The van der Waals surface area contributed by atoms with E-state index in [1.165, 1.54) is 4.90 Å². The summed E-state index contributed by atoms with van der Waals surface area (Å²) in [5.74, 6) is -3.19. The van der Waals surface area contributed by atoms with Gasteiger partial charge >= 0.3 is 12.0 Å². The van der Waals surface area contributed by atoms with Crippen molar-refractivity contribution >= 4 is 35.5 Å². The molecule has 0 aromatic heterocycles. The summed E-state index contributed by atoms with van der Waals surface area (Å²) in [7, 11) is 0. The van der Waals surface area contributed by atoms with Crippen LogP contribution in [-0.4, -0.2) is 77.2 Å². The number of amides is 5. The molecule has 2 aliphatic rings. The first-order valence-electron chi connectivity index (χ1n) is 16.2. The zero-order chi connectivity index (χ0) is 33.2. The first-order chi connectivity index (χ1) is 20.5. The first kappa shape index (κ1) is 37.0. The topological polar surface area (TPSA) is 177 Å². The largest absolute Gasteiger partial charge is 0.461 e. The molecule has 1 saturated heterocycles. The van der Waals surface area contributed by atoms with Gasteiger partial charge in [0, 0.05) is 6.54 Å². The van der Waals surface area contributed by atoms with E-state index in [2.05, 4.69) is 16.0 Å². The van der Waals surface area contributed by atoms with Crippen LogP contribution >= 0.6 is 0 Å². The van der Waals surface area contributed by atoms with Gasteiger partial charge in [0.15, 0.2) is 0 Å². The lowest BCUT2D eigenvalue weighted by Crippen LogP contribution is -2.60. The Balaban J connectivity index is 2.31. The maximum Gasteiger partial charge on any atom is 0.329 e. The number of esters is 1. The van der Waals surface area contributed by atoms with Crippen molar-refractivity contribution in [1.29, 1.82) is 0 Å². The summed E-state index contributed by atoms with van der Waals surface area (Å²) in [6.45, 7) is 13.1. The molecule has 1 unspecified atom stereocenters. The molecule has 1 saturated carbocycles. The fourth-order valence-corrected chi connectivity index (χ4v) is 5.68. The minimum Gasteiger partial charge on any atom is -0.461 e. The highest BCUT2D eigenvalue weighted by atomic mass is 16.5. The van der Waals surface area contributed by atoms with Crippen molar-refractivity contribution in [2.45, 2.75) is 143 Å². The van der Waals surface area contributed by atoms with E-state index in [9.17, 15) is 28.8 Å². The lowest BCUT2D eigenvalue weighted by atomic mass is 9.80. The monoisotopic (exact) mass is 621 g/mol. The van der Waals surface area contributed by atoms with Crippen LogP contribution in [0.15, 0.2) is 0 Å². The Labute approximate surface area is 262 Å². The van der Waals surface area contributed by atoms with Crippen LogP contribution in [0.2, 0.25) is 0 Å². The smallest absolute Gasteiger partial charge is 0.329 e. The number of hydrogen-bond acceptors (Lipinski definition) is 7. The van der Waals surface area contributed by atoms with E-state index >= 15 is 0 Å². The Bertz CT molecular complexity index is 1030. The van der Waals surface area contributed by atoms with Gasteiger partial charge in [0.1, 0.15) is 18.1 Å². The molecule has 1 aliphatic heterocycles. The highest BCUT2D eigenvalue weighted by molar-refractivity contribution is 6.37. The molecule has 250 valence electrons. The Morgan fingerprint density at radius 1 is 0.932 bits per heavy atom. The molecule has 2 rings (SSSR count). The maximum absolute atomic E-state index is 14.1. The maximum atomic E-state index is 14.1. The van der Waals surface area contributed by atoms with Gasteiger partial charge in [0.25, 0.3) is 5.91 Å². The molecule has 0 bridgehead atoms. The van der Waals surface area contributed by atoms with Crippen molar-refractivity contribution in [3.8, 4) is 0 Å². The van der Waals surface area contributed by atoms with E-state index in [0.29, 0.717) is 38.6 Å². The number of rotatable bonds is 13. The summed E-state index contributed by atoms with van der Waals surface area (Å²) in [6, 6.07) is -4.54. The van der Waals surface area contributed by atoms with Gasteiger partial charge in [-0.1, -0.05) is 73.1 Å². The molecule has 5 N–H and O–H groups in total. The SMILES string of the molecule is CC(C)C[C@@H](C(=O)NC(CC1CCC1)C(=O)C(N)=O)N1CCCCCC[C@H](NC(=O)N[C@@H](C(=O)OC(C)C)C(C)(C)C)C1=O. The average Bonchev–Trinajstić information content (AvgIpc) is 2.96. The lowest BCUT2D eigenvalue weighted by molar-refractivity contribution is -0.152. The third-order valence-electron chi connectivity index (χ3n) is 8.30. The summed E-state index contributed by atoms with van der Waals surface area (Å²) >= 11 is 0. The fraction of sp³-hybridized carbons (Fsp3) is 0.812. The molecular weight excluding hydrogens is 566 g/mol. The molecule has 1 heterocycles. The molecule has 0 aromatic rings. The molecule has 4 atom stereocenters. The summed E-state index contributed by atoms with van der Waals surface area (Å²) in [4.78, 5) is 79.9. The van der Waals surface area contributed by atoms with Crippen molar-refractivity contribution in [2.24, 2.45) is 23.0 Å². The number of carbonyl (C=O) groups excluding carboxylic acids is 6. The van der Waals surface area contributed by atoms with Crippen LogP contribution in [0, 0.1) is 17.3 Å². The Hall–Kier alpha value is -3.18. The van der Waals surface area contributed by atoms with Gasteiger partial charge in [0.2, 0.25) is 17.6 Å². The lowest BCUT2D eigenvalue weighted by Gasteiger charge is -2.36. The van der Waals surface area contributed by atoms with Crippen LogP contribution < -0.4 is 21.7 Å². The van der Waals surface area contributed by atoms with Crippen LogP contribution in [0.3, 0.4) is 0 Å². The minimum atomic E-state index is -1.10. The van der Waals surface area contributed by atoms with Gasteiger partial charge in [-0.25, -0.2) is 9.59 Å². The van der Waals surface area contributed by atoms with Crippen LogP contribution in [0.25, 0.3) is 0 Å². The van der Waals surface area contributed by atoms with Crippen LogP contribution in [0.4, 0.5) is 4.79 Å². The van der Waals surface area contributed by atoms with Crippen LogP contribution in [0.5, 0.6) is 0 Å². The van der Waals surface area contributed by atoms with Gasteiger partial charge in [-0.2, -0.15) is 0 Å². The average molecular weight is 622 g/mol. The van der Waals surface area contributed by atoms with Crippen molar-refractivity contribution in [1.82, 2.24) is 20.9 Å². The second kappa shape index (κ2) is 16.8. The number of hydrogen-bond donors (Lipinski definition) is 4. The van der Waals surface area contributed by atoms with E-state index in [4.69, 9.17) is 10.5 Å². The number of nitrogens with one attached hydrogen (secondary N) is 3. The standard InChI is InChI=1S/C32H55N5O7/c1-19(2)17-24(28(40)34-23(25(38)27(33)39)18-21-13-12-14-21)37-16-11-9-8-10-15-22(29(37)41)35-31(43)36-26(32(5,6)7)30(42)44-20(3)4/h19-24,26H,8-18H2,1-7H3,(H2,33,39)(H,34,40)(H2,35,36,43)/t22-,23?,24-,26-/m0/s1. The van der Waals surface area contributed by atoms with E-state index in [-0.39, 0.29) is 17.9 Å². The molecule has 0 aromatic carbocycles. The number of urea groups is 1. The minimum absolute atomic E-state index is 0.0253. The van der Waals surface area contributed by atoms with E-state index in [0.717, 1.165) is 32.1 Å². The predicted octanol–water partition coefficient (Wildman–Crippen LogP) is 2.96. The Kier molecular flexibility index (Phi) is 14.1. The molecule has 0 spiro atoms. The highest BCUT2D eigenvalue weighted by Crippen LogP contribution is 2.31. The van der Waals surface area contributed by atoms with Gasteiger partial charge in [0.05, 0.1) is 12.1 Å². The summed E-state index contributed by atoms with van der Waals surface area (Å²) in [6.07, 6.45) is 6.58. The molecule has 12 heteroatoms. The van der Waals surface area contributed by atoms with Gasteiger partial charge < -0.3 is 31.3 Å². The normalized spacial score (nSPS) is 20.3. The number of ketones is 1.